The number of amides is 1. The molecule has 0 aliphatic heterocycles. The van der Waals surface area contributed by atoms with Gasteiger partial charge in [-0.3, -0.25) is 4.79 Å². The highest BCUT2D eigenvalue weighted by molar-refractivity contribution is 5.93. The maximum Gasteiger partial charge on any atom is 0.336 e. The number of rotatable bonds is 8. The molecule has 0 fully saturated rings. The summed E-state index contributed by atoms with van der Waals surface area (Å²) in [5.74, 6) is 1.03. The average molecular weight is 429 g/mol. The van der Waals surface area contributed by atoms with Crippen LogP contribution < -0.4 is 20.4 Å². The molecule has 0 radical (unpaired) electrons. The van der Waals surface area contributed by atoms with Gasteiger partial charge in [-0.15, -0.1) is 0 Å². The third kappa shape index (κ3) is 5.16. The minimum Gasteiger partial charge on any atom is -0.497 e. The molecule has 4 aromatic rings. The molecule has 6 heteroatoms. The van der Waals surface area contributed by atoms with Gasteiger partial charge in [0, 0.05) is 24.1 Å². The van der Waals surface area contributed by atoms with Crippen LogP contribution in [0.2, 0.25) is 0 Å². The Morgan fingerprint density at radius 2 is 1.69 bits per heavy atom. The first kappa shape index (κ1) is 21.2. The summed E-state index contributed by atoms with van der Waals surface area (Å²) in [5.41, 5.74) is 2.79. The van der Waals surface area contributed by atoms with Crippen molar-refractivity contribution in [3.63, 3.8) is 0 Å². The van der Waals surface area contributed by atoms with Crippen LogP contribution in [0.4, 0.5) is 0 Å². The molecule has 0 spiro atoms. The van der Waals surface area contributed by atoms with Gasteiger partial charge >= 0.3 is 5.63 Å². The fourth-order valence-corrected chi connectivity index (χ4v) is 3.43. The van der Waals surface area contributed by atoms with Gasteiger partial charge < -0.3 is 19.2 Å². The lowest BCUT2D eigenvalue weighted by atomic mass is 10.0. The molecule has 1 amide bonds. The Balaban J connectivity index is 1.37. The van der Waals surface area contributed by atoms with Gasteiger partial charge in [0.05, 0.1) is 7.11 Å². The third-order valence-electron chi connectivity index (χ3n) is 5.07. The molecule has 0 aliphatic carbocycles. The van der Waals surface area contributed by atoms with Gasteiger partial charge in [-0.05, 0) is 47.4 Å². The largest absolute Gasteiger partial charge is 0.497 e. The summed E-state index contributed by atoms with van der Waals surface area (Å²) in [5, 5.41) is 3.64. The molecule has 0 unspecified atom stereocenters. The van der Waals surface area contributed by atoms with Crippen LogP contribution in [0.3, 0.4) is 0 Å². The van der Waals surface area contributed by atoms with E-state index in [9.17, 15) is 9.59 Å². The maximum absolute atomic E-state index is 12.1. The molecular formula is C26H23NO5. The summed E-state index contributed by atoms with van der Waals surface area (Å²) < 4.78 is 16.1. The van der Waals surface area contributed by atoms with Crippen LogP contribution in [0.5, 0.6) is 11.5 Å². The molecule has 1 aromatic heterocycles. The smallest absolute Gasteiger partial charge is 0.336 e. The van der Waals surface area contributed by atoms with E-state index in [0.29, 0.717) is 24.3 Å². The number of benzene rings is 3. The number of hydrogen-bond acceptors (Lipinski definition) is 5. The van der Waals surface area contributed by atoms with Gasteiger partial charge in [0.1, 0.15) is 17.1 Å². The topological polar surface area (TPSA) is 77.8 Å². The molecule has 0 aliphatic rings. The van der Waals surface area contributed by atoms with Crippen molar-refractivity contribution < 1.29 is 18.7 Å². The van der Waals surface area contributed by atoms with Crippen LogP contribution in [0.15, 0.2) is 88.1 Å². The SMILES string of the molecule is COc1ccc(CCNC(=O)COc2ccc3c(-c4ccccc4)cc(=O)oc3c2)cc1. The van der Waals surface area contributed by atoms with E-state index < -0.39 is 5.63 Å². The Labute approximate surface area is 185 Å². The van der Waals surface area contributed by atoms with Gasteiger partial charge in [-0.1, -0.05) is 42.5 Å². The summed E-state index contributed by atoms with van der Waals surface area (Å²) in [7, 11) is 1.63. The Kier molecular flexibility index (Phi) is 6.51. The van der Waals surface area contributed by atoms with Crippen molar-refractivity contribution in [1.29, 1.82) is 0 Å². The fourth-order valence-electron chi connectivity index (χ4n) is 3.43. The summed E-state index contributed by atoms with van der Waals surface area (Å²) >= 11 is 0. The predicted molar refractivity (Wildman–Crippen MR) is 123 cm³/mol. The number of ether oxygens (including phenoxy) is 2. The van der Waals surface area contributed by atoms with Crippen molar-refractivity contribution in [2.75, 3.05) is 20.3 Å². The monoisotopic (exact) mass is 429 g/mol. The van der Waals surface area contributed by atoms with E-state index in [2.05, 4.69) is 5.32 Å². The van der Waals surface area contributed by atoms with Crippen molar-refractivity contribution >= 4 is 16.9 Å². The summed E-state index contributed by atoms with van der Waals surface area (Å²) in [6.45, 7) is 0.373. The van der Waals surface area contributed by atoms with Crippen LogP contribution >= 0.6 is 0 Å². The zero-order chi connectivity index (χ0) is 22.3. The lowest BCUT2D eigenvalue weighted by Gasteiger charge is -2.10. The first-order valence-electron chi connectivity index (χ1n) is 10.3. The fraction of sp³-hybridized carbons (Fsp3) is 0.154. The Hall–Kier alpha value is -4.06. The number of fused-ring (bicyclic) bond motifs is 1. The van der Waals surface area contributed by atoms with E-state index in [1.807, 2.05) is 60.7 Å². The van der Waals surface area contributed by atoms with Gasteiger partial charge in [-0.2, -0.15) is 0 Å². The van der Waals surface area contributed by atoms with Crippen LogP contribution in [0, 0.1) is 0 Å². The van der Waals surface area contributed by atoms with E-state index >= 15 is 0 Å². The van der Waals surface area contributed by atoms with Crippen LogP contribution in [0.25, 0.3) is 22.1 Å². The van der Waals surface area contributed by atoms with Crippen LogP contribution in [-0.2, 0) is 11.2 Å². The van der Waals surface area contributed by atoms with Crippen molar-refractivity contribution in [3.05, 3.63) is 94.8 Å². The quantitative estimate of drug-likeness (QED) is 0.425. The number of methoxy groups -OCH3 is 1. The van der Waals surface area contributed by atoms with E-state index in [1.165, 1.54) is 6.07 Å². The molecule has 1 heterocycles. The van der Waals surface area contributed by atoms with Crippen molar-refractivity contribution in [2.24, 2.45) is 0 Å². The van der Waals surface area contributed by atoms with Crippen molar-refractivity contribution in [2.45, 2.75) is 6.42 Å². The number of carbonyl (C=O) groups excluding carboxylic acids is 1. The van der Waals surface area contributed by atoms with Crippen LogP contribution in [0.1, 0.15) is 5.56 Å². The first-order valence-corrected chi connectivity index (χ1v) is 10.3. The second-order valence-corrected chi connectivity index (χ2v) is 7.24. The van der Waals surface area contributed by atoms with Crippen molar-refractivity contribution in [1.82, 2.24) is 5.32 Å². The Morgan fingerprint density at radius 3 is 2.44 bits per heavy atom. The average Bonchev–Trinajstić information content (AvgIpc) is 2.83. The lowest BCUT2D eigenvalue weighted by Crippen LogP contribution is -2.30. The normalized spacial score (nSPS) is 10.7. The van der Waals surface area contributed by atoms with E-state index in [0.717, 1.165) is 27.8 Å². The molecule has 162 valence electrons. The summed E-state index contributed by atoms with van der Waals surface area (Å²) in [4.78, 5) is 24.2. The molecule has 0 atom stereocenters. The van der Waals surface area contributed by atoms with Gasteiger partial charge in [0.15, 0.2) is 6.61 Å². The first-order chi connectivity index (χ1) is 15.6. The van der Waals surface area contributed by atoms with E-state index in [1.54, 1.807) is 19.2 Å². The number of hydrogen-bond donors (Lipinski definition) is 1. The third-order valence-corrected chi connectivity index (χ3v) is 5.07. The molecule has 0 saturated carbocycles. The molecule has 4 rings (SSSR count). The zero-order valence-corrected chi connectivity index (χ0v) is 17.7. The summed E-state index contributed by atoms with van der Waals surface area (Å²) in [6.07, 6.45) is 0.707. The van der Waals surface area contributed by atoms with Crippen molar-refractivity contribution in [3.8, 4) is 22.6 Å². The standard InChI is InChI=1S/C26H23NO5/c1-30-20-9-7-18(8-10-20)13-14-27-25(28)17-31-21-11-12-22-23(19-5-3-2-4-6-19)16-26(29)32-24(22)15-21/h2-12,15-16H,13-14,17H2,1H3,(H,27,28). The molecular weight excluding hydrogens is 406 g/mol. The minimum atomic E-state index is -0.440. The predicted octanol–water partition coefficient (Wildman–Crippen LogP) is 4.21. The number of nitrogens with one attached hydrogen (secondary N) is 1. The molecule has 3 aromatic carbocycles. The Bertz CT molecular complexity index is 1260. The highest BCUT2D eigenvalue weighted by Gasteiger charge is 2.10. The molecule has 32 heavy (non-hydrogen) atoms. The molecule has 0 saturated heterocycles. The maximum atomic E-state index is 12.1. The molecule has 1 N–H and O–H groups in total. The van der Waals surface area contributed by atoms with E-state index in [4.69, 9.17) is 13.9 Å². The number of carbonyl (C=O) groups is 1. The second-order valence-electron chi connectivity index (χ2n) is 7.24. The minimum absolute atomic E-state index is 0.128. The highest BCUT2D eigenvalue weighted by Crippen LogP contribution is 2.29. The Morgan fingerprint density at radius 1 is 0.938 bits per heavy atom. The second kappa shape index (κ2) is 9.83. The van der Waals surface area contributed by atoms with Gasteiger partial charge in [0.2, 0.25) is 0 Å². The zero-order valence-electron chi connectivity index (χ0n) is 17.7. The van der Waals surface area contributed by atoms with E-state index in [-0.39, 0.29) is 12.5 Å². The molecule has 0 bridgehead atoms. The van der Waals surface area contributed by atoms with Gasteiger partial charge in [-0.25, -0.2) is 4.79 Å². The van der Waals surface area contributed by atoms with Gasteiger partial charge in [0.25, 0.3) is 5.91 Å². The lowest BCUT2D eigenvalue weighted by molar-refractivity contribution is -0.123. The highest BCUT2D eigenvalue weighted by atomic mass is 16.5. The van der Waals surface area contributed by atoms with Crippen LogP contribution in [-0.4, -0.2) is 26.2 Å². The summed E-state index contributed by atoms with van der Waals surface area (Å²) in [6, 6.07) is 24.1. The molecule has 6 nitrogen and oxygen atoms in total.